The van der Waals surface area contributed by atoms with E-state index in [-0.39, 0.29) is 5.92 Å². The molecule has 0 unspecified atom stereocenters. The fourth-order valence-electron chi connectivity index (χ4n) is 1.87. The molecule has 0 bridgehead atoms. The van der Waals surface area contributed by atoms with Gasteiger partial charge in [-0.05, 0) is 24.6 Å². The van der Waals surface area contributed by atoms with Crippen molar-refractivity contribution in [1.82, 2.24) is 9.66 Å². The van der Waals surface area contributed by atoms with Crippen LogP contribution in [0.25, 0.3) is 11.3 Å². The zero-order valence-corrected chi connectivity index (χ0v) is 12.3. The van der Waals surface area contributed by atoms with Crippen LogP contribution in [0, 0.1) is 6.92 Å². The van der Waals surface area contributed by atoms with Crippen molar-refractivity contribution < 1.29 is 0 Å². The molecule has 0 aliphatic carbocycles. The Bertz CT molecular complexity index is 587. The quantitative estimate of drug-likeness (QED) is 0.838. The number of imidazole rings is 1. The standard InChI is InChI=1S/C13H17BrN4/c1-7(2)13-17-11(12(15)18(13)16)9-4-5-10(14)8(3)6-9/h4-7H,15-16H2,1-3H3. The normalized spacial score (nSPS) is 11.2. The minimum absolute atomic E-state index is 0.239. The molecule has 0 amide bonds. The Morgan fingerprint density at radius 1 is 1.33 bits per heavy atom. The molecule has 4 nitrogen and oxygen atoms in total. The van der Waals surface area contributed by atoms with Crippen molar-refractivity contribution in [3.63, 3.8) is 0 Å². The van der Waals surface area contributed by atoms with Crippen LogP contribution in [0.3, 0.4) is 0 Å². The van der Waals surface area contributed by atoms with E-state index in [2.05, 4.69) is 20.9 Å². The topological polar surface area (TPSA) is 69.9 Å². The van der Waals surface area contributed by atoms with Gasteiger partial charge in [0.2, 0.25) is 0 Å². The number of hydrogen-bond donors (Lipinski definition) is 2. The second-order valence-electron chi connectivity index (χ2n) is 4.69. The van der Waals surface area contributed by atoms with Gasteiger partial charge in [-0.3, -0.25) is 0 Å². The molecule has 0 radical (unpaired) electrons. The molecule has 0 saturated carbocycles. The van der Waals surface area contributed by atoms with Crippen molar-refractivity contribution in [2.45, 2.75) is 26.7 Å². The van der Waals surface area contributed by atoms with Crippen LogP contribution < -0.4 is 11.6 Å². The monoisotopic (exact) mass is 308 g/mol. The van der Waals surface area contributed by atoms with E-state index >= 15 is 0 Å². The molecule has 0 spiro atoms. The lowest BCUT2D eigenvalue weighted by Crippen LogP contribution is -2.16. The summed E-state index contributed by atoms with van der Waals surface area (Å²) in [6.45, 7) is 6.12. The number of benzene rings is 1. The molecule has 2 rings (SSSR count). The summed E-state index contributed by atoms with van der Waals surface area (Å²) in [5, 5.41) is 0. The van der Waals surface area contributed by atoms with Crippen LogP contribution >= 0.6 is 15.9 Å². The number of anilines is 1. The summed E-state index contributed by atoms with van der Waals surface area (Å²) < 4.78 is 2.54. The number of nitrogens with zero attached hydrogens (tertiary/aromatic N) is 2. The predicted molar refractivity (Wildman–Crippen MR) is 78.8 cm³/mol. The van der Waals surface area contributed by atoms with E-state index in [1.165, 1.54) is 4.68 Å². The number of rotatable bonds is 2. The highest BCUT2D eigenvalue weighted by Gasteiger charge is 2.16. The first-order valence-electron chi connectivity index (χ1n) is 5.81. The number of hydrogen-bond acceptors (Lipinski definition) is 3. The molecule has 0 fully saturated rings. The number of nitrogen functional groups attached to an aromatic ring is 2. The molecule has 18 heavy (non-hydrogen) atoms. The van der Waals surface area contributed by atoms with Crippen molar-refractivity contribution in [3.8, 4) is 11.3 Å². The van der Waals surface area contributed by atoms with Gasteiger partial charge in [-0.2, -0.15) is 0 Å². The zero-order chi connectivity index (χ0) is 13.4. The van der Waals surface area contributed by atoms with E-state index in [1.807, 2.05) is 39.0 Å². The van der Waals surface area contributed by atoms with E-state index in [0.717, 1.165) is 27.1 Å². The number of aromatic nitrogens is 2. The summed E-state index contributed by atoms with van der Waals surface area (Å²) in [6, 6.07) is 6.03. The summed E-state index contributed by atoms with van der Waals surface area (Å²) in [7, 11) is 0. The van der Waals surface area contributed by atoms with Gasteiger partial charge < -0.3 is 11.6 Å². The SMILES string of the molecule is Cc1cc(-c2nc(C(C)C)n(N)c2N)ccc1Br. The molecule has 0 saturated heterocycles. The van der Waals surface area contributed by atoms with Gasteiger partial charge in [-0.15, -0.1) is 0 Å². The fraction of sp³-hybridized carbons (Fsp3) is 0.308. The van der Waals surface area contributed by atoms with Crippen molar-refractivity contribution in [2.24, 2.45) is 0 Å². The summed E-state index contributed by atoms with van der Waals surface area (Å²) in [5.41, 5.74) is 8.90. The molecule has 4 N–H and O–H groups in total. The lowest BCUT2D eigenvalue weighted by molar-refractivity contribution is 0.739. The molecule has 1 aromatic heterocycles. The molecule has 2 aromatic rings. The van der Waals surface area contributed by atoms with Gasteiger partial charge in [-0.1, -0.05) is 35.8 Å². The molecular formula is C13H17BrN4. The highest BCUT2D eigenvalue weighted by molar-refractivity contribution is 9.10. The van der Waals surface area contributed by atoms with E-state index in [0.29, 0.717) is 5.82 Å². The van der Waals surface area contributed by atoms with Crippen LogP contribution in [0.2, 0.25) is 0 Å². The van der Waals surface area contributed by atoms with Crippen molar-refractivity contribution >= 4 is 21.7 Å². The van der Waals surface area contributed by atoms with Crippen LogP contribution in [0.5, 0.6) is 0 Å². The van der Waals surface area contributed by atoms with Gasteiger partial charge in [0.1, 0.15) is 11.5 Å². The maximum atomic E-state index is 6.03. The molecule has 0 aliphatic heterocycles. The third-order valence-corrected chi connectivity index (χ3v) is 3.81. The van der Waals surface area contributed by atoms with E-state index < -0.39 is 0 Å². The summed E-state index contributed by atoms with van der Waals surface area (Å²) in [5.74, 6) is 7.46. The molecule has 96 valence electrons. The minimum atomic E-state index is 0.239. The van der Waals surface area contributed by atoms with Crippen molar-refractivity contribution in [1.29, 1.82) is 0 Å². The largest absolute Gasteiger partial charge is 0.382 e. The van der Waals surface area contributed by atoms with Gasteiger partial charge in [0.15, 0.2) is 5.82 Å². The highest BCUT2D eigenvalue weighted by Crippen LogP contribution is 2.30. The second kappa shape index (κ2) is 4.65. The third-order valence-electron chi connectivity index (χ3n) is 2.92. The van der Waals surface area contributed by atoms with Crippen LogP contribution in [-0.2, 0) is 0 Å². The summed E-state index contributed by atoms with van der Waals surface area (Å²) in [6.07, 6.45) is 0. The van der Waals surface area contributed by atoms with Gasteiger partial charge in [0, 0.05) is 16.0 Å². The van der Waals surface area contributed by atoms with E-state index in [9.17, 15) is 0 Å². The van der Waals surface area contributed by atoms with E-state index in [1.54, 1.807) is 0 Å². The minimum Gasteiger partial charge on any atom is -0.382 e. The van der Waals surface area contributed by atoms with Crippen molar-refractivity contribution in [2.75, 3.05) is 11.6 Å². The third kappa shape index (κ3) is 2.10. The lowest BCUT2D eigenvalue weighted by Gasteiger charge is -2.04. The molecule has 0 aliphatic rings. The summed E-state index contributed by atoms with van der Waals surface area (Å²) >= 11 is 3.48. The van der Waals surface area contributed by atoms with Gasteiger partial charge >= 0.3 is 0 Å². The second-order valence-corrected chi connectivity index (χ2v) is 5.55. The first-order valence-corrected chi connectivity index (χ1v) is 6.60. The molecule has 0 atom stereocenters. The van der Waals surface area contributed by atoms with Gasteiger partial charge in [0.25, 0.3) is 0 Å². The van der Waals surface area contributed by atoms with Crippen LogP contribution in [0.1, 0.15) is 31.2 Å². The van der Waals surface area contributed by atoms with Gasteiger partial charge in [0.05, 0.1) is 0 Å². The van der Waals surface area contributed by atoms with Gasteiger partial charge in [-0.25, -0.2) is 9.66 Å². The average molecular weight is 309 g/mol. The Hall–Kier alpha value is -1.49. The van der Waals surface area contributed by atoms with E-state index in [4.69, 9.17) is 11.6 Å². The maximum Gasteiger partial charge on any atom is 0.150 e. The van der Waals surface area contributed by atoms with Crippen LogP contribution in [0.15, 0.2) is 22.7 Å². The first kappa shape index (κ1) is 13.0. The van der Waals surface area contributed by atoms with Crippen LogP contribution in [-0.4, -0.2) is 9.66 Å². The average Bonchev–Trinajstić information content (AvgIpc) is 2.60. The smallest absolute Gasteiger partial charge is 0.150 e. The zero-order valence-electron chi connectivity index (χ0n) is 10.7. The number of halogens is 1. The number of aryl methyl sites for hydroxylation is 1. The number of nitrogens with two attached hydrogens (primary N) is 2. The molecule has 1 aromatic carbocycles. The lowest BCUT2D eigenvalue weighted by atomic mass is 10.1. The Morgan fingerprint density at radius 3 is 2.50 bits per heavy atom. The first-order chi connectivity index (χ1) is 8.41. The Labute approximate surface area is 115 Å². The summed E-state index contributed by atoms with van der Waals surface area (Å²) in [4.78, 5) is 4.55. The Balaban J connectivity index is 2.57. The molecular weight excluding hydrogens is 292 g/mol. The van der Waals surface area contributed by atoms with Crippen molar-refractivity contribution in [3.05, 3.63) is 34.1 Å². The molecule has 5 heteroatoms. The Kier molecular flexibility index (Phi) is 3.34. The predicted octanol–water partition coefficient (Wildman–Crippen LogP) is 3.04. The Morgan fingerprint density at radius 2 is 2.00 bits per heavy atom. The van der Waals surface area contributed by atoms with Crippen LogP contribution in [0.4, 0.5) is 5.82 Å². The highest BCUT2D eigenvalue weighted by atomic mass is 79.9. The maximum absolute atomic E-state index is 6.03. The molecule has 1 heterocycles. The fourth-order valence-corrected chi connectivity index (χ4v) is 2.12.